The third-order valence-electron chi connectivity index (χ3n) is 2.98. The summed E-state index contributed by atoms with van der Waals surface area (Å²) in [5.74, 6) is 0. The molecule has 0 bridgehead atoms. The first kappa shape index (κ1) is 8.54. The van der Waals surface area contributed by atoms with Crippen molar-refractivity contribution in [2.75, 3.05) is 6.44 Å². The van der Waals surface area contributed by atoms with Gasteiger partial charge in [0.2, 0.25) is 0 Å². The Morgan fingerprint density at radius 3 is 3.08 bits per heavy atom. The first-order valence-electron chi connectivity index (χ1n) is 4.78. The molecule has 1 saturated carbocycles. The maximum Gasteiger partial charge on any atom is 0.472 e. The minimum Gasteiger partial charge on any atom is -0.405 e. The van der Waals surface area contributed by atoms with E-state index in [1.807, 2.05) is 0 Å². The van der Waals surface area contributed by atoms with Crippen LogP contribution in [0.25, 0.3) is 0 Å². The molecule has 68 valence electrons. The zero-order valence-electron chi connectivity index (χ0n) is 7.58. The van der Waals surface area contributed by atoms with Gasteiger partial charge in [0.05, 0.1) is 11.7 Å². The fourth-order valence-electron chi connectivity index (χ4n) is 2.23. The molecular formula is C8H16BNO2. The predicted molar refractivity (Wildman–Crippen MR) is 47.6 cm³/mol. The van der Waals surface area contributed by atoms with Gasteiger partial charge in [-0.25, -0.2) is 0 Å². The van der Waals surface area contributed by atoms with Crippen molar-refractivity contribution in [1.29, 1.82) is 0 Å². The summed E-state index contributed by atoms with van der Waals surface area (Å²) in [5, 5.41) is 0. The van der Waals surface area contributed by atoms with Crippen LogP contribution >= 0.6 is 0 Å². The van der Waals surface area contributed by atoms with Crippen molar-refractivity contribution in [3.8, 4) is 0 Å². The Labute approximate surface area is 73.7 Å². The highest BCUT2D eigenvalue weighted by molar-refractivity contribution is 6.45. The minimum atomic E-state index is -0.155. The van der Waals surface area contributed by atoms with Gasteiger partial charge in [-0.2, -0.15) is 0 Å². The van der Waals surface area contributed by atoms with E-state index in [9.17, 15) is 0 Å². The van der Waals surface area contributed by atoms with E-state index in [4.69, 9.17) is 15.0 Å². The smallest absolute Gasteiger partial charge is 0.405 e. The fourth-order valence-corrected chi connectivity index (χ4v) is 2.23. The molecule has 0 aromatic carbocycles. The Bertz CT molecular complexity index is 178. The summed E-state index contributed by atoms with van der Waals surface area (Å²) in [6, 6.07) is 0. The second-order valence-electron chi connectivity index (χ2n) is 3.97. The van der Waals surface area contributed by atoms with Crippen LogP contribution in [-0.2, 0) is 9.31 Å². The van der Waals surface area contributed by atoms with Gasteiger partial charge in [0.15, 0.2) is 0 Å². The molecule has 1 unspecified atom stereocenters. The molecule has 0 spiro atoms. The molecule has 2 atom stereocenters. The lowest BCUT2D eigenvalue weighted by Crippen LogP contribution is -2.39. The quantitative estimate of drug-likeness (QED) is 0.588. The zero-order chi connectivity index (χ0) is 8.60. The molecule has 0 aromatic heterocycles. The third kappa shape index (κ3) is 1.28. The highest BCUT2D eigenvalue weighted by Gasteiger charge is 2.48. The van der Waals surface area contributed by atoms with Crippen LogP contribution in [0, 0.1) is 0 Å². The first-order valence-corrected chi connectivity index (χ1v) is 4.78. The third-order valence-corrected chi connectivity index (χ3v) is 2.98. The van der Waals surface area contributed by atoms with E-state index < -0.39 is 0 Å². The number of fused-ring (bicyclic) bond motifs is 1. The lowest BCUT2D eigenvalue weighted by Gasteiger charge is -2.34. The second-order valence-corrected chi connectivity index (χ2v) is 3.97. The highest BCUT2D eigenvalue weighted by atomic mass is 16.7. The Hall–Kier alpha value is -0.0551. The summed E-state index contributed by atoms with van der Waals surface area (Å²) in [7, 11) is -0.155. The van der Waals surface area contributed by atoms with Crippen LogP contribution in [-0.4, -0.2) is 25.3 Å². The molecule has 1 aliphatic heterocycles. The van der Waals surface area contributed by atoms with Crippen LogP contribution in [0.3, 0.4) is 0 Å². The molecule has 4 heteroatoms. The Balaban J connectivity index is 2.06. The first-order chi connectivity index (χ1) is 5.74. The summed E-state index contributed by atoms with van der Waals surface area (Å²) < 4.78 is 11.4. The Morgan fingerprint density at radius 2 is 2.42 bits per heavy atom. The lowest BCUT2D eigenvalue weighted by atomic mass is 9.84. The molecule has 1 saturated heterocycles. The molecule has 0 amide bonds. The molecule has 0 radical (unpaired) electrons. The van der Waals surface area contributed by atoms with Gasteiger partial charge in [0.1, 0.15) is 0 Å². The van der Waals surface area contributed by atoms with Crippen LogP contribution in [0.1, 0.15) is 32.6 Å². The van der Waals surface area contributed by atoms with Crippen molar-refractivity contribution in [3.63, 3.8) is 0 Å². The van der Waals surface area contributed by atoms with E-state index in [-0.39, 0.29) is 12.7 Å². The molecule has 0 aromatic rings. The van der Waals surface area contributed by atoms with Crippen LogP contribution in [0.15, 0.2) is 0 Å². The van der Waals surface area contributed by atoms with Crippen molar-refractivity contribution in [2.45, 2.75) is 44.3 Å². The summed E-state index contributed by atoms with van der Waals surface area (Å²) in [4.78, 5) is 0. The number of rotatable bonds is 1. The average Bonchev–Trinajstić information content (AvgIpc) is 2.41. The Morgan fingerprint density at radius 1 is 1.58 bits per heavy atom. The molecule has 1 heterocycles. The standard InChI is InChI=1S/C8H16BNO2/c1-8-5-3-2-4-7(8)11-9(6-10)12-8/h7H,2-6,10H2,1H3/t7?,8-/m0/s1. The topological polar surface area (TPSA) is 44.5 Å². The van der Waals surface area contributed by atoms with E-state index in [2.05, 4.69) is 6.92 Å². The van der Waals surface area contributed by atoms with E-state index in [0.717, 1.165) is 12.8 Å². The van der Waals surface area contributed by atoms with Gasteiger partial charge in [-0.3, -0.25) is 0 Å². The van der Waals surface area contributed by atoms with Crippen LogP contribution < -0.4 is 5.73 Å². The Kier molecular flexibility index (Phi) is 2.15. The largest absolute Gasteiger partial charge is 0.472 e. The summed E-state index contributed by atoms with van der Waals surface area (Å²) in [6.07, 6.45) is 5.54. The van der Waals surface area contributed by atoms with Gasteiger partial charge in [-0.1, -0.05) is 12.8 Å². The molecular weight excluding hydrogens is 153 g/mol. The summed E-state index contributed by atoms with van der Waals surface area (Å²) in [5.41, 5.74) is 5.46. The van der Waals surface area contributed by atoms with Gasteiger partial charge < -0.3 is 15.0 Å². The maximum absolute atomic E-state index is 5.75. The predicted octanol–water partition coefficient (Wildman–Crippen LogP) is 0.721. The van der Waals surface area contributed by atoms with Crippen molar-refractivity contribution >= 4 is 7.12 Å². The molecule has 2 rings (SSSR count). The van der Waals surface area contributed by atoms with Crippen LogP contribution in [0.2, 0.25) is 0 Å². The molecule has 2 N–H and O–H groups in total. The number of hydrogen-bond acceptors (Lipinski definition) is 3. The normalized spacial score (nSPS) is 41.5. The minimum absolute atomic E-state index is 0.0394. The highest BCUT2D eigenvalue weighted by Crippen LogP contribution is 2.38. The number of hydrogen-bond donors (Lipinski definition) is 1. The molecule has 3 nitrogen and oxygen atoms in total. The van der Waals surface area contributed by atoms with Gasteiger partial charge >= 0.3 is 7.12 Å². The van der Waals surface area contributed by atoms with Crippen molar-refractivity contribution in [3.05, 3.63) is 0 Å². The monoisotopic (exact) mass is 169 g/mol. The van der Waals surface area contributed by atoms with Gasteiger partial charge in [0.25, 0.3) is 0 Å². The summed E-state index contributed by atoms with van der Waals surface area (Å²) in [6.45, 7) is 2.15. The van der Waals surface area contributed by atoms with Gasteiger partial charge in [-0.05, 0) is 19.8 Å². The fraction of sp³-hybridized carbons (Fsp3) is 1.00. The van der Waals surface area contributed by atoms with Crippen LogP contribution in [0.4, 0.5) is 0 Å². The molecule has 1 aliphatic carbocycles. The molecule has 2 aliphatic rings. The second kappa shape index (κ2) is 3.02. The van der Waals surface area contributed by atoms with Crippen LogP contribution in [0.5, 0.6) is 0 Å². The zero-order valence-corrected chi connectivity index (χ0v) is 7.58. The average molecular weight is 169 g/mol. The van der Waals surface area contributed by atoms with E-state index in [1.165, 1.54) is 12.8 Å². The molecule has 12 heavy (non-hydrogen) atoms. The van der Waals surface area contributed by atoms with Gasteiger partial charge in [-0.15, -0.1) is 0 Å². The van der Waals surface area contributed by atoms with Gasteiger partial charge in [0, 0.05) is 6.44 Å². The van der Waals surface area contributed by atoms with Crippen molar-refractivity contribution < 1.29 is 9.31 Å². The lowest BCUT2D eigenvalue weighted by molar-refractivity contribution is 0.0181. The maximum atomic E-state index is 5.75. The number of nitrogens with two attached hydrogens (primary N) is 1. The SMILES string of the molecule is C[C@]12CCCCC1OB(CN)O2. The van der Waals surface area contributed by atoms with E-state index in [0.29, 0.717) is 12.5 Å². The van der Waals surface area contributed by atoms with E-state index in [1.54, 1.807) is 0 Å². The molecule has 2 fully saturated rings. The van der Waals surface area contributed by atoms with E-state index >= 15 is 0 Å². The summed E-state index contributed by atoms with van der Waals surface area (Å²) >= 11 is 0. The van der Waals surface area contributed by atoms with Crippen molar-refractivity contribution in [1.82, 2.24) is 0 Å². The van der Waals surface area contributed by atoms with Crippen molar-refractivity contribution in [2.24, 2.45) is 5.73 Å².